The lowest BCUT2D eigenvalue weighted by atomic mass is 10.1. The zero-order valence-electron chi connectivity index (χ0n) is 9.77. The molecule has 0 radical (unpaired) electrons. The SMILES string of the molecule is CC=CC(=O)Nc1cc(C(N)=O)cc(C(N)=O)c1. The number of hydrogen-bond acceptors (Lipinski definition) is 3. The molecule has 1 rings (SSSR count). The average molecular weight is 247 g/mol. The Balaban J connectivity index is 3.15. The van der Waals surface area contributed by atoms with Crippen LogP contribution in [-0.2, 0) is 4.79 Å². The molecule has 0 bridgehead atoms. The molecule has 18 heavy (non-hydrogen) atoms. The molecular formula is C12H13N3O3. The van der Waals surface area contributed by atoms with Gasteiger partial charge in [-0.1, -0.05) is 6.08 Å². The van der Waals surface area contributed by atoms with Gasteiger partial charge in [-0.2, -0.15) is 0 Å². The number of benzene rings is 1. The smallest absolute Gasteiger partial charge is 0.248 e. The molecular weight excluding hydrogens is 234 g/mol. The summed E-state index contributed by atoms with van der Waals surface area (Å²) in [7, 11) is 0. The highest BCUT2D eigenvalue weighted by atomic mass is 16.2. The Morgan fingerprint density at radius 3 is 1.94 bits per heavy atom. The van der Waals surface area contributed by atoms with Crippen LogP contribution in [0, 0.1) is 0 Å². The van der Waals surface area contributed by atoms with Gasteiger partial charge < -0.3 is 16.8 Å². The second-order valence-electron chi connectivity index (χ2n) is 3.52. The van der Waals surface area contributed by atoms with Crippen molar-refractivity contribution < 1.29 is 14.4 Å². The highest BCUT2D eigenvalue weighted by molar-refractivity contribution is 6.03. The number of carbonyl (C=O) groups excluding carboxylic acids is 3. The largest absolute Gasteiger partial charge is 0.366 e. The predicted octanol–water partition coefficient (Wildman–Crippen LogP) is 0.399. The fourth-order valence-corrected chi connectivity index (χ4v) is 1.32. The molecule has 0 aromatic heterocycles. The molecule has 0 heterocycles. The van der Waals surface area contributed by atoms with Crippen molar-refractivity contribution in [3.63, 3.8) is 0 Å². The molecule has 0 unspecified atom stereocenters. The third kappa shape index (κ3) is 3.44. The van der Waals surface area contributed by atoms with Crippen LogP contribution in [0.25, 0.3) is 0 Å². The number of allylic oxidation sites excluding steroid dienone is 1. The second kappa shape index (κ2) is 5.62. The van der Waals surface area contributed by atoms with E-state index in [4.69, 9.17) is 11.5 Å². The van der Waals surface area contributed by atoms with Gasteiger partial charge in [0.2, 0.25) is 17.7 Å². The molecule has 0 aliphatic rings. The van der Waals surface area contributed by atoms with Crippen LogP contribution in [0.5, 0.6) is 0 Å². The maximum Gasteiger partial charge on any atom is 0.248 e. The van der Waals surface area contributed by atoms with Gasteiger partial charge >= 0.3 is 0 Å². The van der Waals surface area contributed by atoms with E-state index < -0.39 is 11.8 Å². The Hall–Kier alpha value is -2.63. The molecule has 0 spiro atoms. The van der Waals surface area contributed by atoms with E-state index in [-0.39, 0.29) is 22.7 Å². The number of carbonyl (C=O) groups is 3. The van der Waals surface area contributed by atoms with E-state index in [1.807, 2.05) is 0 Å². The lowest BCUT2D eigenvalue weighted by Gasteiger charge is -2.06. The van der Waals surface area contributed by atoms with Crippen molar-refractivity contribution in [3.05, 3.63) is 41.5 Å². The van der Waals surface area contributed by atoms with E-state index in [0.29, 0.717) is 0 Å². The molecule has 0 fully saturated rings. The molecule has 0 aliphatic heterocycles. The van der Waals surface area contributed by atoms with Gasteiger partial charge in [0.1, 0.15) is 0 Å². The van der Waals surface area contributed by atoms with Gasteiger partial charge in [-0.25, -0.2) is 0 Å². The number of primary amides is 2. The number of rotatable bonds is 4. The van der Waals surface area contributed by atoms with Crippen molar-refractivity contribution in [1.82, 2.24) is 0 Å². The monoisotopic (exact) mass is 247 g/mol. The Morgan fingerprint density at radius 2 is 1.56 bits per heavy atom. The van der Waals surface area contributed by atoms with Crippen molar-refractivity contribution in [2.45, 2.75) is 6.92 Å². The fourth-order valence-electron chi connectivity index (χ4n) is 1.32. The summed E-state index contributed by atoms with van der Waals surface area (Å²) in [5.74, 6) is -1.80. The molecule has 1 aromatic carbocycles. The summed E-state index contributed by atoms with van der Waals surface area (Å²) in [5.41, 5.74) is 10.7. The van der Waals surface area contributed by atoms with Gasteiger partial charge in [-0.15, -0.1) is 0 Å². The Labute approximate surface area is 104 Å². The van der Waals surface area contributed by atoms with Crippen LogP contribution in [0.4, 0.5) is 5.69 Å². The molecule has 94 valence electrons. The van der Waals surface area contributed by atoms with Gasteiger partial charge in [0.15, 0.2) is 0 Å². The summed E-state index contributed by atoms with van der Waals surface area (Å²) >= 11 is 0. The minimum atomic E-state index is -0.709. The number of nitrogens with one attached hydrogen (secondary N) is 1. The van der Waals surface area contributed by atoms with Gasteiger partial charge in [0.25, 0.3) is 0 Å². The molecule has 0 aliphatic carbocycles. The highest BCUT2D eigenvalue weighted by Gasteiger charge is 2.09. The van der Waals surface area contributed by atoms with Crippen LogP contribution in [0.3, 0.4) is 0 Å². The maximum absolute atomic E-state index is 11.3. The average Bonchev–Trinajstić information content (AvgIpc) is 2.28. The summed E-state index contributed by atoms with van der Waals surface area (Å²) in [6.45, 7) is 1.69. The molecule has 6 heteroatoms. The summed E-state index contributed by atoms with van der Waals surface area (Å²) in [4.78, 5) is 33.5. The lowest BCUT2D eigenvalue weighted by molar-refractivity contribution is -0.111. The number of hydrogen-bond donors (Lipinski definition) is 3. The summed E-state index contributed by atoms with van der Waals surface area (Å²) < 4.78 is 0. The quantitative estimate of drug-likeness (QED) is 0.668. The minimum absolute atomic E-state index is 0.0991. The van der Waals surface area contributed by atoms with Crippen LogP contribution >= 0.6 is 0 Å². The van der Waals surface area contributed by atoms with Gasteiger partial charge in [-0.3, -0.25) is 14.4 Å². The number of nitrogens with two attached hydrogens (primary N) is 2. The third-order valence-electron chi connectivity index (χ3n) is 2.09. The Kier molecular flexibility index (Phi) is 4.20. The van der Waals surface area contributed by atoms with Gasteiger partial charge in [0.05, 0.1) is 0 Å². The molecule has 0 saturated carbocycles. The van der Waals surface area contributed by atoms with Crippen molar-refractivity contribution in [2.24, 2.45) is 11.5 Å². The maximum atomic E-state index is 11.3. The fraction of sp³-hybridized carbons (Fsp3) is 0.0833. The summed E-state index contributed by atoms with van der Waals surface area (Å²) in [6.07, 6.45) is 2.86. The highest BCUT2D eigenvalue weighted by Crippen LogP contribution is 2.14. The van der Waals surface area contributed by atoms with E-state index in [9.17, 15) is 14.4 Å². The summed E-state index contributed by atoms with van der Waals surface area (Å²) in [6, 6.07) is 4.02. The Morgan fingerprint density at radius 1 is 1.06 bits per heavy atom. The first-order chi connectivity index (χ1) is 8.43. The van der Waals surface area contributed by atoms with Crippen molar-refractivity contribution in [2.75, 3.05) is 5.32 Å². The number of anilines is 1. The minimum Gasteiger partial charge on any atom is -0.366 e. The molecule has 6 nitrogen and oxygen atoms in total. The van der Waals surface area contributed by atoms with E-state index >= 15 is 0 Å². The van der Waals surface area contributed by atoms with E-state index in [2.05, 4.69) is 5.32 Å². The van der Waals surface area contributed by atoms with Crippen molar-refractivity contribution >= 4 is 23.4 Å². The first-order valence-electron chi connectivity index (χ1n) is 5.12. The molecule has 0 atom stereocenters. The first-order valence-corrected chi connectivity index (χ1v) is 5.12. The Bertz CT molecular complexity index is 503. The normalized spacial score (nSPS) is 10.3. The van der Waals surface area contributed by atoms with Crippen LogP contribution in [0.15, 0.2) is 30.4 Å². The van der Waals surface area contributed by atoms with Crippen LogP contribution < -0.4 is 16.8 Å². The van der Waals surface area contributed by atoms with Crippen molar-refractivity contribution in [3.8, 4) is 0 Å². The zero-order valence-corrected chi connectivity index (χ0v) is 9.77. The van der Waals surface area contributed by atoms with Crippen LogP contribution in [0.1, 0.15) is 27.6 Å². The second-order valence-corrected chi connectivity index (χ2v) is 3.52. The van der Waals surface area contributed by atoms with E-state index in [1.165, 1.54) is 24.3 Å². The first kappa shape index (κ1) is 13.4. The van der Waals surface area contributed by atoms with E-state index in [0.717, 1.165) is 0 Å². The van der Waals surface area contributed by atoms with E-state index in [1.54, 1.807) is 13.0 Å². The summed E-state index contributed by atoms with van der Waals surface area (Å²) in [5, 5.41) is 2.49. The molecule has 0 saturated heterocycles. The van der Waals surface area contributed by atoms with Crippen LogP contribution in [-0.4, -0.2) is 17.7 Å². The van der Waals surface area contributed by atoms with Crippen molar-refractivity contribution in [1.29, 1.82) is 0 Å². The predicted molar refractivity (Wildman–Crippen MR) is 66.9 cm³/mol. The standard InChI is InChI=1S/C12H13N3O3/c1-2-3-10(16)15-9-5-7(11(13)17)4-8(6-9)12(14)18/h2-6H,1H3,(H2,13,17)(H2,14,18)(H,15,16). The molecule has 1 aromatic rings. The van der Waals surface area contributed by atoms with Gasteiger partial charge in [-0.05, 0) is 31.2 Å². The lowest BCUT2D eigenvalue weighted by Crippen LogP contribution is -2.17. The zero-order chi connectivity index (χ0) is 13.7. The third-order valence-corrected chi connectivity index (χ3v) is 2.09. The van der Waals surface area contributed by atoms with Crippen LogP contribution in [0.2, 0.25) is 0 Å². The topological polar surface area (TPSA) is 115 Å². The molecule has 3 amide bonds. The van der Waals surface area contributed by atoms with Gasteiger partial charge in [0, 0.05) is 16.8 Å². The molecule has 5 N–H and O–H groups in total. The number of amides is 3.